The molecule has 0 aliphatic rings. The van der Waals surface area contributed by atoms with Crippen LogP contribution in [0.15, 0.2) is 76.7 Å². The van der Waals surface area contributed by atoms with E-state index in [1.54, 1.807) is 24.3 Å². The van der Waals surface area contributed by atoms with Crippen LogP contribution in [0.1, 0.15) is 12.5 Å². The average molecular weight is 516 g/mol. The normalized spacial score (nSPS) is 11.2. The number of nitrogens with one attached hydrogen (secondary N) is 1. The zero-order chi connectivity index (χ0) is 26.1. The molecule has 9 nitrogen and oxygen atoms in total. The van der Waals surface area contributed by atoms with Gasteiger partial charge in [-0.05, 0) is 73.2 Å². The Morgan fingerprint density at radius 3 is 2.28 bits per heavy atom. The minimum absolute atomic E-state index is 0.0943. The Hall–Kier alpha value is -4.12. The van der Waals surface area contributed by atoms with Gasteiger partial charge in [0, 0.05) is 6.07 Å². The summed E-state index contributed by atoms with van der Waals surface area (Å²) in [5, 5.41) is 3.90. The number of amides is 1. The van der Waals surface area contributed by atoms with Crippen LogP contribution in [0.2, 0.25) is 0 Å². The predicted molar refractivity (Wildman–Crippen MR) is 134 cm³/mol. The summed E-state index contributed by atoms with van der Waals surface area (Å²) in [7, 11) is -1.46. The maximum atomic E-state index is 13.5. The smallest absolute Gasteiger partial charge is 0.264 e. The van der Waals surface area contributed by atoms with Crippen molar-refractivity contribution in [1.29, 1.82) is 0 Å². The first-order chi connectivity index (χ1) is 17.3. The second kappa shape index (κ2) is 12.0. The summed E-state index contributed by atoms with van der Waals surface area (Å²) in [5.41, 5.74) is 3.12. The standard InChI is InChI=1S/C25H26FN3O6S/c1-4-35-21-11-5-18(6-12-21)16-27-28-25(30)17-29(20-9-7-19(26)8-10-20)36(31,32)22-13-14-23(33-2)24(15-22)34-3/h5-16H,4,17H2,1-3H3,(H,28,30)/b27-16-. The molecule has 36 heavy (non-hydrogen) atoms. The van der Waals surface area contributed by atoms with Gasteiger partial charge in [0.05, 0.1) is 37.6 Å². The number of nitrogens with zero attached hydrogens (tertiary/aromatic N) is 2. The number of hydrogen-bond donors (Lipinski definition) is 1. The lowest BCUT2D eigenvalue weighted by atomic mass is 10.2. The van der Waals surface area contributed by atoms with Crippen molar-refractivity contribution in [2.24, 2.45) is 5.10 Å². The second-order valence-corrected chi connectivity index (χ2v) is 9.16. The van der Waals surface area contributed by atoms with Crippen molar-refractivity contribution in [1.82, 2.24) is 5.43 Å². The van der Waals surface area contributed by atoms with E-state index in [9.17, 15) is 17.6 Å². The van der Waals surface area contributed by atoms with Crippen molar-refractivity contribution >= 4 is 27.8 Å². The molecule has 3 rings (SSSR count). The fraction of sp³-hybridized carbons (Fsp3) is 0.200. The maximum absolute atomic E-state index is 13.5. The van der Waals surface area contributed by atoms with Gasteiger partial charge in [0.2, 0.25) is 0 Å². The second-order valence-electron chi connectivity index (χ2n) is 7.30. The third-order valence-corrected chi connectivity index (χ3v) is 6.71. The highest BCUT2D eigenvalue weighted by Gasteiger charge is 2.28. The van der Waals surface area contributed by atoms with E-state index >= 15 is 0 Å². The van der Waals surface area contributed by atoms with E-state index in [1.807, 2.05) is 6.92 Å². The molecule has 0 unspecified atom stereocenters. The van der Waals surface area contributed by atoms with Crippen LogP contribution in [0.3, 0.4) is 0 Å². The number of benzene rings is 3. The fourth-order valence-electron chi connectivity index (χ4n) is 3.19. The van der Waals surface area contributed by atoms with Gasteiger partial charge in [0.1, 0.15) is 18.1 Å². The van der Waals surface area contributed by atoms with Crippen molar-refractivity contribution in [2.45, 2.75) is 11.8 Å². The van der Waals surface area contributed by atoms with Gasteiger partial charge >= 0.3 is 0 Å². The van der Waals surface area contributed by atoms with Gasteiger partial charge in [0.15, 0.2) is 11.5 Å². The molecule has 0 atom stereocenters. The Balaban J connectivity index is 1.83. The summed E-state index contributed by atoms with van der Waals surface area (Å²) in [6.07, 6.45) is 1.42. The average Bonchev–Trinajstić information content (AvgIpc) is 2.88. The molecule has 0 aromatic heterocycles. The fourth-order valence-corrected chi connectivity index (χ4v) is 4.62. The molecule has 0 fully saturated rings. The number of carbonyl (C=O) groups excluding carboxylic acids is 1. The van der Waals surface area contributed by atoms with Crippen molar-refractivity contribution in [3.63, 3.8) is 0 Å². The van der Waals surface area contributed by atoms with Crippen LogP contribution in [0.25, 0.3) is 0 Å². The van der Waals surface area contributed by atoms with Gasteiger partial charge in [-0.1, -0.05) is 0 Å². The summed E-state index contributed by atoms with van der Waals surface area (Å²) in [5.74, 6) is -0.0145. The Morgan fingerprint density at radius 2 is 1.67 bits per heavy atom. The molecule has 0 saturated heterocycles. The van der Waals surface area contributed by atoms with Gasteiger partial charge in [-0.25, -0.2) is 18.2 Å². The predicted octanol–water partition coefficient (Wildman–Crippen LogP) is 3.59. The lowest BCUT2D eigenvalue weighted by molar-refractivity contribution is -0.119. The molecule has 0 heterocycles. The quantitative estimate of drug-likeness (QED) is 0.309. The van der Waals surface area contributed by atoms with Crippen LogP contribution in [-0.2, 0) is 14.8 Å². The molecule has 0 bridgehead atoms. The number of rotatable bonds is 11. The minimum Gasteiger partial charge on any atom is -0.494 e. The molecule has 1 N–H and O–H groups in total. The third kappa shape index (κ3) is 6.51. The number of hydrogen-bond acceptors (Lipinski definition) is 7. The van der Waals surface area contributed by atoms with Crippen molar-refractivity contribution in [3.8, 4) is 17.2 Å². The zero-order valence-electron chi connectivity index (χ0n) is 20.0. The van der Waals surface area contributed by atoms with Crippen LogP contribution in [0, 0.1) is 5.82 Å². The van der Waals surface area contributed by atoms with Crippen LogP contribution in [-0.4, -0.2) is 47.9 Å². The summed E-state index contributed by atoms with van der Waals surface area (Å²) < 4.78 is 57.1. The van der Waals surface area contributed by atoms with E-state index in [0.29, 0.717) is 23.7 Å². The molecule has 190 valence electrons. The van der Waals surface area contributed by atoms with Crippen LogP contribution in [0.5, 0.6) is 17.2 Å². The minimum atomic E-state index is -4.26. The highest BCUT2D eigenvalue weighted by molar-refractivity contribution is 7.92. The molecular formula is C25H26FN3O6S. The van der Waals surface area contributed by atoms with Gasteiger partial charge in [-0.15, -0.1) is 0 Å². The Bertz CT molecular complexity index is 1310. The Kier molecular flexibility index (Phi) is 8.85. The molecular weight excluding hydrogens is 489 g/mol. The molecule has 3 aromatic carbocycles. The number of halogens is 1. The number of anilines is 1. The number of ether oxygens (including phenoxy) is 3. The third-order valence-electron chi connectivity index (χ3n) is 4.94. The zero-order valence-corrected chi connectivity index (χ0v) is 20.8. The van der Waals surface area contributed by atoms with E-state index < -0.39 is 28.3 Å². The molecule has 0 aliphatic carbocycles. The lowest BCUT2D eigenvalue weighted by Gasteiger charge is -2.24. The highest BCUT2D eigenvalue weighted by atomic mass is 32.2. The molecule has 1 amide bonds. The van der Waals surface area contributed by atoms with Crippen molar-refractivity contribution < 1.29 is 31.8 Å². The van der Waals surface area contributed by atoms with E-state index in [-0.39, 0.29) is 16.3 Å². The SMILES string of the molecule is CCOc1ccc(/C=N\NC(=O)CN(c2ccc(F)cc2)S(=O)(=O)c2ccc(OC)c(OC)c2)cc1. The first kappa shape index (κ1) is 26.5. The van der Waals surface area contributed by atoms with Gasteiger partial charge < -0.3 is 14.2 Å². The Morgan fingerprint density at radius 1 is 1.00 bits per heavy atom. The number of hydrazone groups is 1. The van der Waals surface area contributed by atoms with E-state index in [2.05, 4.69) is 10.5 Å². The monoisotopic (exact) mass is 515 g/mol. The van der Waals surface area contributed by atoms with Gasteiger partial charge in [-0.3, -0.25) is 9.10 Å². The molecule has 0 radical (unpaired) electrons. The van der Waals surface area contributed by atoms with E-state index in [0.717, 1.165) is 16.4 Å². The van der Waals surface area contributed by atoms with Crippen LogP contribution < -0.4 is 23.9 Å². The summed E-state index contributed by atoms with van der Waals surface area (Å²) in [6.45, 7) is 1.81. The molecule has 11 heteroatoms. The molecule has 0 saturated carbocycles. The van der Waals surface area contributed by atoms with E-state index in [1.165, 1.54) is 50.8 Å². The lowest BCUT2D eigenvalue weighted by Crippen LogP contribution is -2.39. The van der Waals surface area contributed by atoms with E-state index in [4.69, 9.17) is 14.2 Å². The number of sulfonamides is 1. The number of methoxy groups -OCH3 is 2. The van der Waals surface area contributed by atoms with Crippen molar-refractivity contribution in [3.05, 3.63) is 78.1 Å². The maximum Gasteiger partial charge on any atom is 0.264 e. The summed E-state index contributed by atoms with van der Waals surface area (Å²) in [4.78, 5) is 12.5. The topological polar surface area (TPSA) is 107 Å². The molecule has 0 spiro atoms. The summed E-state index contributed by atoms with van der Waals surface area (Å²) in [6, 6.07) is 15.8. The van der Waals surface area contributed by atoms with Crippen LogP contribution in [0.4, 0.5) is 10.1 Å². The highest BCUT2D eigenvalue weighted by Crippen LogP contribution is 2.32. The first-order valence-electron chi connectivity index (χ1n) is 10.8. The van der Waals surface area contributed by atoms with Crippen molar-refractivity contribution in [2.75, 3.05) is 31.7 Å². The molecule has 0 aliphatic heterocycles. The summed E-state index contributed by atoms with van der Waals surface area (Å²) >= 11 is 0. The first-order valence-corrected chi connectivity index (χ1v) is 12.3. The Labute approximate surface area is 209 Å². The largest absolute Gasteiger partial charge is 0.494 e. The number of carbonyl (C=O) groups is 1. The van der Waals surface area contributed by atoms with Gasteiger partial charge in [0.25, 0.3) is 15.9 Å². The molecule has 3 aromatic rings. The van der Waals surface area contributed by atoms with Crippen LogP contribution >= 0.6 is 0 Å². The van der Waals surface area contributed by atoms with Gasteiger partial charge in [-0.2, -0.15) is 5.10 Å².